The summed E-state index contributed by atoms with van der Waals surface area (Å²) in [6.07, 6.45) is -2.52. The Morgan fingerprint density at radius 2 is 2.09 bits per heavy atom. The number of thiocarbonyl (C=S) groups is 1. The zero-order valence-electron chi connectivity index (χ0n) is 12.0. The Labute approximate surface area is 131 Å². The fraction of sp³-hybridized carbons (Fsp3) is 0.286. The van der Waals surface area contributed by atoms with Crippen LogP contribution in [0.25, 0.3) is 0 Å². The van der Waals surface area contributed by atoms with Crippen molar-refractivity contribution in [3.63, 3.8) is 0 Å². The number of halogens is 3. The molecule has 0 amide bonds. The lowest BCUT2D eigenvalue weighted by Crippen LogP contribution is -2.28. The molecule has 0 radical (unpaired) electrons. The van der Waals surface area contributed by atoms with Crippen molar-refractivity contribution in [2.75, 3.05) is 5.32 Å². The molecule has 118 valence electrons. The molecule has 0 atom stereocenters. The van der Waals surface area contributed by atoms with Crippen LogP contribution in [0.1, 0.15) is 16.8 Å². The van der Waals surface area contributed by atoms with Gasteiger partial charge in [-0.05, 0) is 37.3 Å². The van der Waals surface area contributed by atoms with Gasteiger partial charge in [0.25, 0.3) is 0 Å². The molecule has 0 saturated carbocycles. The molecule has 0 unspecified atom stereocenters. The van der Waals surface area contributed by atoms with Gasteiger partial charge in [-0.15, -0.1) is 0 Å². The van der Waals surface area contributed by atoms with Crippen molar-refractivity contribution in [3.8, 4) is 0 Å². The number of nitrogens with one attached hydrogen (secondary N) is 2. The molecule has 0 bridgehead atoms. The third-order valence-corrected chi connectivity index (χ3v) is 3.25. The van der Waals surface area contributed by atoms with E-state index in [0.29, 0.717) is 6.54 Å². The minimum absolute atomic E-state index is 0.252. The van der Waals surface area contributed by atoms with Gasteiger partial charge in [0, 0.05) is 31.0 Å². The Bertz CT molecular complexity index is 679. The van der Waals surface area contributed by atoms with Crippen molar-refractivity contribution in [1.82, 2.24) is 15.1 Å². The summed E-state index contributed by atoms with van der Waals surface area (Å²) in [5.41, 5.74) is 1.41. The molecule has 2 N–H and O–H groups in total. The molecule has 0 fully saturated rings. The standard InChI is InChI=1S/C14H15F3N4S/c1-9-10(8-21(2)20-9)7-18-13(22)19-12-5-3-4-11(6-12)14(15,16)17/h3-6,8H,7H2,1-2H3,(H2,18,19,22). The summed E-state index contributed by atoms with van der Waals surface area (Å²) in [5.74, 6) is 0. The minimum Gasteiger partial charge on any atom is -0.358 e. The number of benzene rings is 1. The van der Waals surface area contributed by atoms with Crippen LogP contribution in [0.15, 0.2) is 30.5 Å². The first-order valence-corrected chi connectivity index (χ1v) is 6.88. The predicted molar refractivity (Wildman–Crippen MR) is 82.4 cm³/mol. The van der Waals surface area contributed by atoms with Crippen molar-refractivity contribution in [2.24, 2.45) is 7.05 Å². The summed E-state index contributed by atoms with van der Waals surface area (Å²) in [6, 6.07) is 4.89. The van der Waals surface area contributed by atoms with Gasteiger partial charge in [0.05, 0.1) is 11.3 Å². The monoisotopic (exact) mass is 328 g/mol. The number of rotatable bonds is 3. The first-order chi connectivity index (χ1) is 10.3. The third-order valence-electron chi connectivity index (χ3n) is 3.00. The number of nitrogens with zero attached hydrogens (tertiary/aromatic N) is 2. The van der Waals surface area contributed by atoms with Crippen LogP contribution < -0.4 is 10.6 Å². The molecule has 0 aliphatic carbocycles. The van der Waals surface area contributed by atoms with E-state index in [1.165, 1.54) is 12.1 Å². The van der Waals surface area contributed by atoms with E-state index < -0.39 is 11.7 Å². The Hall–Kier alpha value is -2.09. The highest BCUT2D eigenvalue weighted by Crippen LogP contribution is 2.30. The maximum absolute atomic E-state index is 12.6. The van der Waals surface area contributed by atoms with Gasteiger partial charge in [0.15, 0.2) is 5.11 Å². The van der Waals surface area contributed by atoms with Gasteiger partial charge >= 0.3 is 6.18 Å². The van der Waals surface area contributed by atoms with E-state index in [2.05, 4.69) is 15.7 Å². The van der Waals surface area contributed by atoms with E-state index in [-0.39, 0.29) is 10.8 Å². The molecule has 0 aliphatic rings. The average molecular weight is 328 g/mol. The summed E-state index contributed by atoms with van der Waals surface area (Å²) in [5, 5.41) is 10.1. The summed E-state index contributed by atoms with van der Waals surface area (Å²) in [7, 11) is 1.82. The van der Waals surface area contributed by atoms with Gasteiger partial charge in [-0.2, -0.15) is 18.3 Å². The van der Waals surface area contributed by atoms with Crippen LogP contribution >= 0.6 is 12.2 Å². The fourth-order valence-electron chi connectivity index (χ4n) is 1.95. The smallest absolute Gasteiger partial charge is 0.358 e. The Morgan fingerprint density at radius 1 is 1.36 bits per heavy atom. The number of aryl methyl sites for hydroxylation is 2. The second-order valence-electron chi connectivity index (χ2n) is 4.80. The molecule has 4 nitrogen and oxygen atoms in total. The Balaban J connectivity index is 1.96. The second kappa shape index (κ2) is 6.35. The van der Waals surface area contributed by atoms with Crippen LogP contribution in [0.5, 0.6) is 0 Å². The largest absolute Gasteiger partial charge is 0.416 e. The molecular formula is C14H15F3N4S. The first-order valence-electron chi connectivity index (χ1n) is 6.47. The summed E-state index contributed by atoms with van der Waals surface area (Å²) >= 11 is 5.09. The van der Waals surface area contributed by atoms with Gasteiger partial charge in [0.1, 0.15) is 0 Å². The van der Waals surface area contributed by atoms with Crippen molar-refractivity contribution in [2.45, 2.75) is 19.6 Å². The lowest BCUT2D eigenvalue weighted by molar-refractivity contribution is -0.137. The molecule has 0 aliphatic heterocycles. The number of anilines is 1. The lowest BCUT2D eigenvalue weighted by Gasteiger charge is -2.12. The molecule has 2 rings (SSSR count). The third kappa shape index (κ3) is 4.20. The van der Waals surface area contributed by atoms with E-state index in [0.717, 1.165) is 23.4 Å². The number of aromatic nitrogens is 2. The normalized spacial score (nSPS) is 11.3. The quantitative estimate of drug-likeness (QED) is 0.849. The van der Waals surface area contributed by atoms with Gasteiger partial charge in [-0.25, -0.2) is 0 Å². The SMILES string of the molecule is Cc1nn(C)cc1CNC(=S)Nc1cccc(C(F)(F)F)c1. The van der Waals surface area contributed by atoms with Crippen LogP contribution in [-0.2, 0) is 19.8 Å². The maximum atomic E-state index is 12.6. The number of hydrogen-bond acceptors (Lipinski definition) is 2. The second-order valence-corrected chi connectivity index (χ2v) is 5.21. The number of hydrogen-bond donors (Lipinski definition) is 2. The van der Waals surface area contributed by atoms with Gasteiger partial charge in [-0.3, -0.25) is 4.68 Å². The van der Waals surface area contributed by atoms with Crippen molar-refractivity contribution in [1.29, 1.82) is 0 Å². The van der Waals surface area contributed by atoms with Crippen molar-refractivity contribution >= 4 is 23.0 Å². The van der Waals surface area contributed by atoms with Crippen LogP contribution in [0, 0.1) is 6.92 Å². The molecule has 1 aromatic heterocycles. The fourth-order valence-corrected chi connectivity index (χ4v) is 2.14. The zero-order valence-corrected chi connectivity index (χ0v) is 12.8. The molecular weight excluding hydrogens is 313 g/mol. The topological polar surface area (TPSA) is 41.9 Å². The van der Waals surface area contributed by atoms with Gasteiger partial charge in [-0.1, -0.05) is 6.07 Å². The number of alkyl halides is 3. The molecule has 1 aromatic carbocycles. The highest BCUT2D eigenvalue weighted by molar-refractivity contribution is 7.80. The van der Waals surface area contributed by atoms with Crippen LogP contribution in [0.2, 0.25) is 0 Å². The first kappa shape index (κ1) is 16.3. The van der Waals surface area contributed by atoms with Crippen molar-refractivity contribution < 1.29 is 13.2 Å². The van der Waals surface area contributed by atoms with Crippen LogP contribution in [-0.4, -0.2) is 14.9 Å². The molecule has 8 heteroatoms. The predicted octanol–water partition coefficient (Wildman–Crippen LogP) is 3.23. The Kier molecular flexibility index (Phi) is 4.70. The van der Waals surface area contributed by atoms with E-state index in [9.17, 15) is 13.2 Å². The molecule has 22 heavy (non-hydrogen) atoms. The average Bonchev–Trinajstić information content (AvgIpc) is 2.74. The lowest BCUT2D eigenvalue weighted by atomic mass is 10.2. The van der Waals surface area contributed by atoms with E-state index in [1.807, 2.05) is 20.2 Å². The molecule has 2 aromatic rings. The van der Waals surface area contributed by atoms with Gasteiger partial charge < -0.3 is 10.6 Å². The van der Waals surface area contributed by atoms with Gasteiger partial charge in [0.2, 0.25) is 0 Å². The van der Waals surface area contributed by atoms with Crippen LogP contribution in [0.4, 0.5) is 18.9 Å². The maximum Gasteiger partial charge on any atom is 0.416 e. The zero-order chi connectivity index (χ0) is 16.3. The summed E-state index contributed by atoms with van der Waals surface area (Å²) < 4.78 is 39.6. The summed E-state index contributed by atoms with van der Waals surface area (Å²) in [4.78, 5) is 0. The summed E-state index contributed by atoms with van der Waals surface area (Å²) in [6.45, 7) is 2.32. The highest BCUT2D eigenvalue weighted by Gasteiger charge is 2.30. The van der Waals surface area contributed by atoms with Crippen LogP contribution in [0.3, 0.4) is 0 Å². The Morgan fingerprint density at radius 3 is 2.68 bits per heavy atom. The van der Waals surface area contributed by atoms with E-state index >= 15 is 0 Å². The highest BCUT2D eigenvalue weighted by atomic mass is 32.1. The van der Waals surface area contributed by atoms with E-state index in [1.54, 1.807) is 4.68 Å². The molecule has 0 spiro atoms. The molecule has 0 saturated heterocycles. The minimum atomic E-state index is -4.38. The van der Waals surface area contributed by atoms with E-state index in [4.69, 9.17) is 12.2 Å². The van der Waals surface area contributed by atoms with Crippen molar-refractivity contribution in [3.05, 3.63) is 47.3 Å². The molecule has 1 heterocycles.